The maximum absolute atomic E-state index is 12.5. The first-order valence-corrected chi connectivity index (χ1v) is 8.11. The van der Waals surface area contributed by atoms with Crippen LogP contribution in [0, 0.1) is 0 Å². The number of carbonyl (C=O) groups is 1. The molecular formula is C14H17Cl2N5OS. The topological polar surface area (TPSA) is 74.0 Å². The van der Waals surface area contributed by atoms with Crippen molar-refractivity contribution < 1.29 is 4.79 Å². The Morgan fingerprint density at radius 3 is 2.57 bits per heavy atom. The predicted molar refractivity (Wildman–Crippen MR) is 98.4 cm³/mol. The maximum Gasteiger partial charge on any atom is 0.277 e. The Bertz CT molecular complexity index is 644. The molecule has 1 saturated heterocycles. The number of nitrogens with zero attached hydrogens (tertiary/aromatic N) is 3. The average molecular weight is 374 g/mol. The van der Waals surface area contributed by atoms with Crippen molar-refractivity contribution in [1.82, 2.24) is 9.80 Å². The van der Waals surface area contributed by atoms with Crippen LogP contribution in [-0.4, -0.2) is 59.6 Å². The van der Waals surface area contributed by atoms with E-state index in [9.17, 15) is 4.79 Å². The van der Waals surface area contributed by atoms with Gasteiger partial charge in [-0.05, 0) is 25.2 Å². The molecule has 6 nitrogen and oxygen atoms in total. The van der Waals surface area contributed by atoms with E-state index in [1.807, 2.05) is 7.05 Å². The SMILES string of the molecule is CN1CCN(C(=O)C(=NNc2cc(Cl)ccc2Cl)C(N)=S)CC1. The normalized spacial score (nSPS) is 16.3. The van der Waals surface area contributed by atoms with Crippen molar-refractivity contribution in [3.05, 3.63) is 28.2 Å². The summed E-state index contributed by atoms with van der Waals surface area (Å²) in [4.78, 5) is 16.3. The van der Waals surface area contributed by atoms with Crippen molar-refractivity contribution in [2.24, 2.45) is 10.8 Å². The fourth-order valence-electron chi connectivity index (χ4n) is 2.07. The zero-order valence-corrected chi connectivity index (χ0v) is 14.9. The minimum Gasteiger partial charge on any atom is -0.388 e. The first-order valence-electron chi connectivity index (χ1n) is 6.95. The number of carbonyl (C=O) groups excluding carboxylic acids is 1. The van der Waals surface area contributed by atoms with E-state index in [0.717, 1.165) is 13.1 Å². The molecule has 0 radical (unpaired) electrons. The van der Waals surface area contributed by atoms with Crippen LogP contribution in [0.4, 0.5) is 5.69 Å². The number of likely N-dealkylation sites (N-methyl/N-ethyl adjacent to an activating group) is 1. The molecule has 3 N–H and O–H groups in total. The zero-order chi connectivity index (χ0) is 17.0. The van der Waals surface area contributed by atoms with E-state index in [-0.39, 0.29) is 16.6 Å². The quantitative estimate of drug-likeness (QED) is 0.478. The lowest BCUT2D eigenvalue weighted by atomic mass is 10.2. The number of nitrogens with one attached hydrogen (secondary N) is 1. The molecule has 0 atom stereocenters. The van der Waals surface area contributed by atoms with Gasteiger partial charge in [-0.2, -0.15) is 5.10 Å². The van der Waals surface area contributed by atoms with Gasteiger partial charge in [-0.3, -0.25) is 10.2 Å². The van der Waals surface area contributed by atoms with E-state index < -0.39 is 0 Å². The Labute approximate surface area is 150 Å². The molecule has 1 aliphatic rings. The van der Waals surface area contributed by atoms with Crippen LogP contribution >= 0.6 is 35.4 Å². The molecule has 0 unspecified atom stereocenters. The fraction of sp³-hybridized carbons (Fsp3) is 0.357. The summed E-state index contributed by atoms with van der Waals surface area (Å²) in [6.07, 6.45) is 0. The van der Waals surface area contributed by atoms with Crippen LogP contribution in [-0.2, 0) is 4.79 Å². The van der Waals surface area contributed by atoms with Crippen molar-refractivity contribution in [2.45, 2.75) is 0 Å². The van der Waals surface area contributed by atoms with Crippen molar-refractivity contribution in [3.8, 4) is 0 Å². The summed E-state index contributed by atoms with van der Waals surface area (Å²) in [5, 5.41) is 4.96. The highest BCUT2D eigenvalue weighted by Gasteiger charge is 2.25. The highest BCUT2D eigenvalue weighted by molar-refractivity contribution is 7.82. The van der Waals surface area contributed by atoms with E-state index in [2.05, 4.69) is 15.4 Å². The van der Waals surface area contributed by atoms with Crippen molar-refractivity contribution >= 4 is 57.7 Å². The molecule has 1 amide bonds. The summed E-state index contributed by atoms with van der Waals surface area (Å²) >= 11 is 16.9. The van der Waals surface area contributed by atoms with Gasteiger partial charge < -0.3 is 15.5 Å². The molecule has 1 aromatic carbocycles. The monoisotopic (exact) mass is 373 g/mol. The molecule has 1 fully saturated rings. The number of benzene rings is 1. The molecule has 0 aliphatic carbocycles. The number of anilines is 1. The van der Waals surface area contributed by atoms with Gasteiger partial charge in [0.15, 0.2) is 5.71 Å². The van der Waals surface area contributed by atoms with Gasteiger partial charge >= 0.3 is 0 Å². The van der Waals surface area contributed by atoms with Crippen molar-refractivity contribution in [3.63, 3.8) is 0 Å². The molecule has 23 heavy (non-hydrogen) atoms. The van der Waals surface area contributed by atoms with Crippen LogP contribution in [0.2, 0.25) is 10.0 Å². The summed E-state index contributed by atoms with van der Waals surface area (Å²) < 4.78 is 0. The van der Waals surface area contributed by atoms with Gasteiger partial charge in [0.2, 0.25) is 0 Å². The molecule has 0 saturated carbocycles. The summed E-state index contributed by atoms with van der Waals surface area (Å²) in [6, 6.07) is 4.89. The highest BCUT2D eigenvalue weighted by atomic mass is 35.5. The Morgan fingerprint density at radius 2 is 1.96 bits per heavy atom. The van der Waals surface area contributed by atoms with Gasteiger partial charge in [-0.1, -0.05) is 35.4 Å². The average Bonchev–Trinajstić information content (AvgIpc) is 2.51. The Morgan fingerprint density at radius 1 is 1.30 bits per heavy atom. The van der Waals surface area contributed by atoms with Crippen LogP contribution in [0.25, 0.3) is 0 Å². The molecular weight excluding hydrogens is 357 g/mol. The minimum atomic E-state index is -0.295. The molecule has 1 heterocycles. The molecule has 0 spiro atoms. The third kappa shape index (κ3) is 4.78. The van der Waals surface area contributed by atoms with Crippen LogP contribution < -0.4 is 11.2 Å². The van der Waals surface area contributed by atoms with E-state index in [4.69, 9.17) is 41.2 Å². The first kappa shape index (κ1) is 17.9. The second-order valence-electron chi connectivity index (χ2n) is 5.16. The summed E-state index contributed by atoms with van der Waals surface area (Å²) in [5.74, 6) is -0.295. The highest BCUT2D eigenvalue weighted by Crippen LogP contribution is 2.25. The van der Waals surface area contributed by atoms with E-state index in [1.165, 1.54) is 0 Å². The Balaban J connectivity index is 2.15. The summed E-state index contributed by atoms with van der Waals surface area (Å²) in [7, 11) is 2.01. The van der Waals surface area contributed by atoms with Crippen LogP contribution in [0.5, 0.6) is 0 Å². The number of hydrogen-bond acceptors (Lipinski definition) is 5. The zero-order valence-electron chi connectivity index (χ0n) is 12.6. The number of hydrogen-bond donors (Lipinski definition) is 2. The van der Waals surface area contributed by atoms with Gasteiger partial charge in [0, 0.05) is 31.2 Å². The summed E-state index contributed by atoms with van der Waals surface area (Å²) in [6.45, 7) is 2.80. The predicted octanol–water partition coefficient (Wildman–Crippen LogP) is 1.82. The first-order chi connectivity index (χ1) is 10.9. The smallest absolute Gasteiger partial charge is 0.277 e. The third-order valence-corrected chi connectivity index (χ3v) is 4.20. The molecule has 124 valence electrons. The van der Waals surface area contributed by atoms with Gasteiger partial charge in [-0.15, -0.1) is 0 Å². The van der Waals surface area contributed by atoms with Gasteiger partial charge in [-0.25, -0.2) is 0 Å². The fourth-order valence-corrected chi connectivity index (χ4v) is 2.53. The third-order valence-electron chi connectivity index (χ3n) is 3.44. The van der Waals surface area contributed by atoms with Crippen LogP contribution in [0.3, 0.4) is 0 Å². The molecule has 0 aromatic heterocycles. The lowest BCUT2D eigenvalue weighted by molar-refractivity contribution is -0.125. The minimum absolute atomic E-state index is 0.000551. The largest absolute Gasteiger partial charge is 0.388 e. The standard InChI is InChI=1S/C14H17Cl2N5OS/c1-20-4-6-21(7-5-20)14(22)12(13(17)23)19-18-11-8-9(15)2-3-10(11)16/h2-3,8,18H,4-7H2,1H3,(H2,17,23). The summed E-state index contributed by atoms with van der Waals surface area (Å²) in [5.41, 5.74) is 8.83. The maximum atomic E-state index is 12.5. The number of piperazine rings is 1. The second kappa shape index (κ2) is 7.92. The molecule has 9 heteroatoms. The number of thiocarbonyl (C=S) groups is 1. The number of rotatable bonds is 4. The molecule has 1 aromatic rings. The van der Waals surface area contributed by atoms with Crippen molar-refractivity contribution in [2.75, 3.05) is 38.7 Å². The van der Waals surface area contributed by atoms with Gasteiger partial charge in [0.05, 0.1) is 10.7 Å². The Kier molecular flexibility index (Phi) is 6.17. The molecule has 1 aliphatic heterocycles. The Hall–Kier alpha value is -1.41. The van der Waals surface area contributed by atoms with E-state index in [0.29, 0.717) is 28.8 Å². The van der Waals surface area contributed by atoms with E-state index in [1.54, 1.807) is 23.1 Å². The number of amides is 1. The van der Waals surface area contributed by atoms with Gasteiger partial charge in [0.25, 0.3) is 5.91 Å². The van der Waals surface area contributed by atoms with Crippen molar-refractivity contribution in [1.29, 1.82) is 0 Å². The number of nitrogens with two attached hydrogens (primary N) is 1. The van der Waals surface area contributed by atoms with Gasteiger partial charge in [0.1, 0.15) is 4.99 Å². The van der Waals surface area contributed by atoms with Crippen LogP contribution in [0.1, 0.15) is 0 Å². The number of halogens is 2. The van der Waals surface area contributed by atoms with E-state index >= 15 is 0 Å². The lowest BCUT2D eigenvalue weighted by Gasteiger charge is -2.32. The van der Waals surface area contributed by atoms with Crippen LogP contribution in [0.15, 0.2) is 23.3 Å². The lowest BCUT2D eigenvalue weighted by Crippen LogP contribution is -2.51. The molecule has 0 bridgehead atoms. The second-order valence-corrected chi connectivity index (χ2v) is 6.44. The number of hydrazone groups is 1. The molecule has 2 rings (SSSR count).